The topological polar surface area (TPSA) is 38.7 Å². The maximum atomic E-state index is 11.4. The van der Waals surface area contributed by atoms with Crippen molar-refractivity contribution >= 4 is 23.8 Å². The predicted molar refractivity (Wildman–Crippen MR) is 69.7 cm³/mol. The van der Waals surface area contributed by atoms with Gasteiger partial charge in [0.15, 0.2) is 0 Å². The van der Waals surface area contributed by atoms with Crippen molar-refractivity contribution in [2.24, 2.45) is 4.99 Å². The molecule has 17 heavy (non-hydrogen) atoms. The molecule has 0 saturated carbocycles. The summed E-state index contributed by atoms with van der Waals surface area (Å²) < 4.78 is 4.87. The Morgan fingerprint density at radius 1 is 1.53 bits per heavy atom. The minimum absolute atomic E-state index is 0.208. The Hall–Kier alpha value is -1.61. The molecule has 0 aliphatic heterocycles. The Bertz CT molecular complexity index is 412. The van der Waals surface area contributed by atoms with Gasteiger partial charge in [-0.3, -0.25) is 4.99 Å². The Morgan fingerprint density at radius 3 is 2.76 bits per heavy atom. The first-order chi connectivity index (χ1) is 8.13. The minimum atomic E-state index is -0.523. The van der Waals surface area contributed by atoms with Crippen LogP contribution in [0.25, 0.3) is 0 Å². The number of hydrogen-bond acceptors (Lipinski definition) is 3. The molecule has 0 spiro atoms. The lowest BCUT2D eigenvalue weighted by Gasteiger charge is -2.05. The van der Waals surface area contributed by atoms with Crippen molar-refractivity contribution in [1.29, 1.82) is 0 Å². The van der Waals surface area contributed by atoms with Gasteiger partial charge in [0.25, 0.3) is 0 Å². The highest BCUT2D eigenvalue weighted by Crippen LogP contribution is 2.08. The molecule has 1 atom stereocenters. The van der Waals surface area contributed by atoms with Gasteiger partial charge in [0.1, 0.15) is 12.6 Å². The largest absolute Gasteiger partial charge is 0.460 e. The van der Waals surface area contributed by atoms with Gasteiger partial charge < -0.3 is 4.74 Å². The minimum Gasteiger partial charge on any atom is -0.460 e. The van der Waals surface area contributed by atoms with Gasteiger partial charge in [-0.25, -0.2) is 4.79 Å². The second-order valence-corrected chi connectivity index (χ2v) is 3.86. The molecule has 1 aromatic carbocycles. The number of halogens is 1. The predicted octanol–water partition coefficient (Wildman–Crippen LogP) is 2.88. The lowest BCUT2D eigenvalue weighted by molar-refractivity contribution is -0.143. The van der Waals surface area contributed by atoms with Gasteiger partial charge in [0.2, 0.25) is 0 Å². The molecule has 0 heterocycles. The molecule has 0 fully saturated rings. The molecule has 90 valence electrons. The zero-order valence-corrected chi connectivity index (χ0v) is 10.4. The fourth-order valence-electron chi connectivity index (χ4n) is 1.07. The first-order valence-corrected chi connectivity index (χ1v) is 5.57. The molecule has 0 aliphatic rings. The van der Waals surface area contributed by atoms with Gasteiger partial charge in [-0.05, 0) is 24.6 Å². The van der Waals surface area contributed by atoms with Crippen LogP contribution in [0.4, 0.5) is 0 Å². The number of carbonyl (C=O) groups excluding carboxylic acids is 1. The molecular weight excluding hydrogens is 238 g/mol. The number of hydrogen-bond donors (Lipinski definition) is 0. The van der Waals surface area contributed by atoms with E-state index in [0.717, 1.165) is 5.56 Å². The van der Waals surface area contributed by atoms with E-state index in [2.05, 4.69) is 11.6 Å². The third-order valence-electron chi connectivity index (χ3n) is 2.00. The van der Waals surface area contributed by atoms with E-state index in [0.29, 0.717) is 5.02 Å². The fourth-order valence-corrected chi connectivity index (χ4v) is 1.20. The highest BCUT2D eigenvalue weighted by atomic mass is 35.5. The van der Waals surface area contributed by atoms with E-state index in [1.807, 2.05) is 12.1 Å². The third-order valence-corrected chi connectivity index (χ3v) is 2.25. The zero-order chi connectivity index (χ0) is 12.7. The van der Waals surface area contributed by atoms with Crippen molar-refractivity contribution in [2.75, 3.05) is 6.61 Å². The van der Waals surface area contributed by atoms with E-state index in [4.69, 9.17) is 16.3 Å². The number of ether oxygens (including phenoxy) is 1. The summed E-state index contributed by atoms with van der Waals surface area (Å²) in [6.45, 7) is 5.35. The van der Waals surface area contributed by atoms with Gasteiger partial charge in [-0.1, -0.05) is 36.4 Å². The summed E-state index contributed by atoms with van der Waals surface area (Å²) >= 11 is 5.75. The summed E-state index contributed by atoms with van der Waals surface area (Å²) in [6, 6.07) is 6.67. The van der Waals surface area contributed by atoms with Crippen LogP contribution in [-0.2, 0) is 9.53 Å². The van der Waals surface area contributed by atoms with Crippen LogP contribution in [0.1, 0.15) is 12.5 Å². The first kappa shape index (κ1) is 13.5. The van der Waals surface area contributed by atoms with Crippen molar-refractivity contribution in [1.82, 2.24) is 0 Å². The monoisotopic (exact) mass is 251 g/mol. The summed E-state index contributed by atoms with van der Waals surface area (Å²) in [7, 11) is 0. The SMILES string of the molecule is C=CCOC(=O)C(C)N=Cc1ccc(Cl)cc1. The van der Waals surface area contributed by atoms with E-state index in [9.17, 15) is 4.79 Å². The standard InChI is InChI=1S/C13H14ClNO2/c1-3-8-17-13(16)10(2)15-9-11-4-6-12(14)7-5-11/h3-7,9-10H,1,8H2,2H3. The summed E-state index contributed by atoms with van der Waals surface area (Å²) in [5.41, 5.74) is 0.887. The first-order valence-electron chi connectivity index (χ1n) is 5.19. The Morgan fingerprint density at radius 2 is 2.18 bits per heavy atom. The maximum Gasteiger partial charge on any atom is 0.330 e. The number of aliphatic imine (C=N–C) groups is 1. The molecule has 1 rings (SSSR count). The molecule has 3 nitrogen and oxygen atoms in total. The van der Waals surface area contributed by atoms with Crippen molar-refractivity contribution in [3.63, 3.8) is 0 Å². The molecule has 1 unspecified atom stereocenters. The van der Waals surface area contributed by atoms with Crippen molar-refractivity contribution < 1.29 is 9.53 Å². The van der Waals surface area contributed by atoms with E-state index in [1.165, 1.54) is 6.08 Å². The van der Waals surface area contributed by atoms with Crippen LogP contribution in [0.5, 0.6) is 0 Å². The number of nitrogens with zero attached hydrogens (tertiary/aromatic N) is 1. The molecule has 0 radical (unpaired) electrons. The van der Waals surface area contributed by atoms with E-state index < -0.39 is 6.04 Å². The highest BCUT2D eigenvalue weighted by Gasteiger charge is 2.10. The number of esters is 1. The van der Waals surface area contributed by atoms with Gasteiger partial charge in [-0.15, -0.1) is 0 Å². The van der Waals surface area contributed by atoms with Crippen LogP contribution in [0, 0.1) is 0 Å². The van der Waals surface area contributed by atoms with E-state index in [1.54, 1.807) is 25.3 Å². The summed E-state index contributed by atoms with van der Waals surface area (Å²) in [6.07, 6.45) is 3.14. The second-order valence-electron chi connectivity index (χ2n) is 3.42. The number of carbonyl (C=O) groups is 1. The van der Waals surface area contributed by atoms with Crippen LogP contribution in [0.2, 0.25) is 5.02 Å². The van der Waals surface area contributed by atoms with Crippen molar-refractivity contribution in [3.05, 3.63) is 47.5 Å². The van der Waals surface area contributed by atoms with Crippen LogP contribution in [0.3, 0.4) is 0 Å². The second kappa shape index (κ2) is 6.86. The van der Waals surface area contributed by atoms with E-state index in [-0.39, 0.29) is 12.6 Å². The summed E-state index contributed by atoms with van der Waals surface area (Å²) in [5.74, 6) is -0.366. The Labute approximate surface area is 106 Å². The van der Waals surface area contributed by atoms with Crippen LogP contribution in [0.15, 0.2) is 41.9 Å². The van der Waals surface area contributed by atoms with Gasteiger partial charge >= 0.3 is 5.97 Å². The average Bonchev–Trinajstić information content (AvgIpc) is 2.34. The van der Waals surface area contributed by atoms with Crippen LogP contribution in [-0.4, -0.2) is 24.8 Å². The Kier molecular flexibility index (Phi) is 5.43. The third kappa shape index (κ3) is 4.83. The normalized spacial score (nSPS) is 12.4. The number of rotatable bonds is 5. The van der Waals surface area contributed by atoms with Gasteiger partial charge in [0.05, 0.1) is 0 Å². The number of benzene rings is 1. The Balaban J connectivity index is 2.55. The van der Waals surface area contributed by atoms with Crippen LogP contribution >= 0.6 is 11.6 Å². The van der Waals surface area contributed by atoms with Crippen molar-refractivity contribution in [2.45, 2.75) is 13.0 Å². The molecule has 0 bridgehead atoms. The molecule has 0 amide bonds. The lowest BCUT2D eigenvalue weighted by Crippen LogP contribution is -2.18. The fraction of sp³-hybridized carbons (Fsp3) is 0.231. The van der Waals surface area contributed by atoms with Gasteiger partial charge in [0, 0.05) is 11.2 Å². The molecule has 0 N–H and O–H groups in total. The average molecular weight is 252 g/mol. The molecule has 0 aliphatic carbocycles. The smallest absolute Gasteiger partial charge is 0.330 e. The summed E-state index contributed by atoms with van der Waals surface area (Å²) in [5, 5.41) is 0.667. The van der Waals surface area contributed by atoms with E-state index >= 15 is 0 Å². The van der Waals surface area contributed by atoms with Crippen molar-refractivity contribution in [3.8, 4) is 0 Å². The van der Waals surface area contributed by atoms with Gasteiger partial charge in [-0.2, -0.15) is 0 Å². The maximum absolute atomic E-state index is 11.4. The molecule has 4 heteroatoms. The quantitative estimate of drug-likeness (QED) is 0.459. The molecule has 1 aromatic rings. The lowest BCUT2D eigenvalue weighted by atomic mass is 10.2. The summed E-state index contributed by atoms with van der Waals surface area (Å²) in [4.78, 5) is 15.5. The molecular formula is C13H14ClNO2. The van der Waals surface area contributed by atoms with Crippen LogP contribution < -0.4 is 0 Å². The zero-order valence-electron chi connectivity index (χ0n) is 9.60. The highest BCUT2D eigenvalue weighted by molar-refractivity contribution is 6.30. The molecule has 0 aromatic heterocycles. The molecule has 0 saturated heterocycles.